The fraction of sp³-hybridized carbons (Fsp3) is 0.611. The van der Waals surface area contributed by atoms with E-state index in [1.807, 2.05) is 12.1 Å². The molecule has 0 aromatic heterocycles. The van der Waals surface area contributed by atoms with Crippen LogP contribution in [0.3, 0.4) is 0 Å². The second-order valence-corrected chi connectivity index (χ2v) is 7.02. The number of nitrogens with one attached hydrogen (secondary N) is 1. The SMILES string of the molecule is CC(O)CNC(=O)c1ccc2c(c1)C[C@@H](C)[C@H](C1CC1)N2C. The Morgan fingerprint density at radius 1 is 1.45 bits per heavy atom. The summed E-state index contributed by atoms with van der Waals surface area (Å²) in [6.07, 6.45) is 3.23. The number of carbonyl (C=O) groups excluding carboxylic acids is 1. The van der Waals surface area contributed by atoms with Gasteiger partial charge in [-0.15, -0.1) is 0 Å². The summed E-state index contributed by atoms with van der Waals surface area (Å²) in [5, 5.41) is 12.0. The number of amides is 1. The van der Waals surface area contributed by atoms with Gasteiger partial charge in [-0.1, -0.05) is 6.92 Å². The molecule has 0 saturated heterocycles. The van der Waals surface area contributed by atoms with Gasteiger partial charge in [-0.3, -0.25) is 4.79 Å². The largest absolute Gasteiger partial charge is 0.392 e. The molecule has 0 bridgehead atoms. The van der Waals surface area contributed by atoms with Crippen molar-refractivity contribution >= 4 is 11.6 Å². The Hall–Kier alpha value is -1.55. The zero-order chi connectivity index (χ0) is 15.9. The van der Waals surface area contributed by atoms with Crippen LogP contribution < -0.4 is 10.2 Å². The third-order valence-corrected chi connectivity index (χ3v) is 4.96. The number of anilines is 1. The molecule has 4 heteroatoms. The number of rotatable bonds is 4. The highest BCUT2D eigenvalue weighted by Crippen LogP contribution is 2.44. The van der Waals surface area contributed by atoms with Crippen molar-refractivity contribution in [2.45, 2.75) is 45.3 Å². The first-order valence-corrected chi connectivity index (χ1v) is 8.29. The van der Waals surface area contributed by atoms with Gasteiger partial charge in [0.25, 0.3) is 5.91 Å². The van der Waals surface area contributed by atoms with Crippen LogP contribution >= 0.6 is 0 Å². The van der Waals surface area contributed by atoms with Gasteiger partial charge in [0.1, 0.15) is 0 Å². The minimum atomic E-state index is -0.521. The third-order valence-electron chi connectivity index (χ3n) is 4.96. The summed E-state index contributed by atoms with van der Waals surface area (Å²) in [7, 11) is 2.19. The van der Waals surface area contributed by atoms with E-state index in [1.165, 1.54) is 24.1 Å². The van der Waals surface area contributed by atoms with E-state index in [1.54, 1.807) is 6.92 Å². The number of hydrogen-bond donors (Lipinski definition) is 2. The maximum absolute atomic E-state index is 12.1. The summed E-state index contributed by atoms with van der Waals surface area (Å²) in [6.45, 7) is 4.28. The Bertz CT molecular complexity index is 566. The Morgan fingerprint density at radius 3 is 2.82 bits per heavy atom. The molecule has 2 N–H and O–H groups in total. The predicted octanol–water partition coefficient (Wildman–Crippen LogP) is 2.20. The van der Waals surface area contributed by atoms with Crippen molar-refractivity contribution in [2.24, 2.45) is 11.8 Å². The normalized spacial score (nSPS) is 25.5. The lowest BCUT2D eigenvalue weighted by atomic mass is 9.84. The zero-order valence-corrected chi connectivity index (χ0v) is 13.7. The van der Waals surface area contributed by atoms with E-state index >= 15 is 0 Å². The van der Waals surface area contributed by atoms with Crippen LogP contribution in [0.5, 0.6) is 0 Å². The highest BCUT2D eigenvalue weighted by atomic mass is 16.3. The second kappa shape index (κ2) is 5.92. The fourth-order valence-electron chi connectivity index (χ4n) is 3.81. The van der Waals surface area contributed by atoms with Gasteiger partial charge in [0.2, 0.25) is 0 Å². The van der Waals surface area contributed by atoms with Crippen molar-refractivity contribution in [1.82, 2.24) is 5.32 Å². The van der Waals surface area contributed by atoms with E-state index in [0.29, 0.717) is 17.5 Å². The maximum Gasteiger partial charge on any atom is 0.251 e. The van der Waals surface area contributed by atoms with E-state index in [0.717, 1.165) is 12.3 Å². The van der Waals surface area contributed by atoms with Crippen molar-refractivity contribution < 1.29 is 9.90 Å². The third kappa shape index (κ3) is 2.98. The van der Waals surface area contributed by atoms with Crippen LogP contribution in [0.4, 0.5) is 5.69 Å². The summed E-state index contributed by atoms with van der Waals surface area (Å²) >= 11 is 0. The van der Waals surface area contributed by atoms with E-state index in [4.69, 9.17) is 0 Å². The summed E-state index contributed by atoms with van der Waals surface area (Å²) in [4.78, 5) is 14.6. The van der Waals surface area contributed by atoms with Gasteiger partial charge in [-0.25, -0.2) is 0 Å². The Labute approximate surface area is 132 Å². The number of aliphatic hydroxyl groups is 1. The number of hydrogen-bond acceptors (Lipinski definition) is 3. The molecule has 1 fully saturated rings. The average Bonchev–Trinajstić information content (AvgIpc) is 3.28. The van der Waals surface area contributed by atoms with E-state index < -0.39 is 6.10 Å². The molecule has 1 unspecified atom stereocenters. The Morgan fingerprint density at radius 2 is 2.18 bits per heavy atom. The molecule has 1 amide bonds. The molecule has 2 aliphatic rings. The number of carbonyl (C=O) groups is 1. The van der Waals surface area contributed by atoms with Crippen LogP contribution in [-0.4, -0.2) is 36.8 Å². The summed E-state index contributed by atoms with van der Waals surface area (Å²) in [5.74, 6) is 1.37. The van der Waals surface area contributed by atoms with Crippen LogP contribution in [0.2, 0.25) is 0 Å². The van der Waals surface area contributed by atoms with Gasteiger partial charge in [0.15, 0.2) is 0 Å². The van der Waals surface area contributed by atoms with Gasteiger partial charge < -0.3 is 15.3 Å². The molecule has 1 heterocycles. The number of aliphatic hydroxyl groups excluding tert-OH is 1. The molecule has 1 aromatic rings. The molecular formula is C18H26N2O2. The van der Waals surface area contributed by atoms with Crippen molar-refractivity contribution in [3.63, 3.8) is 0 Å². The first-order chi connectivity index (χ1) is 10.5. The minimum Gasteiger partial charge on any atom is -0.392 e. The molecule has 120 valence electrons. The zero-order valence-electron chi connectivity index (χ0n) is 13.7. The highest BCUT2D eigenvalue weighted by molar-refractivity contribution is 5.95. The summed E-state index contributed by atoms with van der Waals surface area (Å²) < 4.78 is 0. The van der Waals surface area contributed by atoms with Crippen LogP contribution in [0, 0.1) is 11.8 Å². The molecule has 22 heavy (non-hydrogen) atoms. The second-order valence-electron chi connectivity index (χ2n) is 7.02. The van der Waals surface area contributed by atoms with Crippen LogP contribution in [0.15, 0.2) is 18.2 Å². The molecule has 0 radical (unpaired) electrons. The summed E-state index contributed by atoms with van der Waals surface area (Å²) in [6, 6.07) is 6.63. The fourth-order valence-corrected chi connectivity index (χ4v) is 3.81. The van der Waals surface area contributed by atoms with Gasteiger partial charge in [-0.05, 0) is 61.8 Å². The molecule has 1 aliphatic carbocycles. The van der Waals surface area contributed by atoms with E-state index in [9.17, 15) is 9.90 Å². The van der Waals surface area contributed by atoms with Crippen molar-refractivity contribution in [3.05, 3.63) is 29.3 Å². The van der Waals surface area contributed by atoms with E-state index in [-0.39, 0.29) is 12.5 Å². The molecule has 1 aliphatic heterocycles. The predicted molar refractivity (Wildman–Crippen MR) is 88.2 cm³/mol. The van der Waals surface area contributed by atoms with Crippen molar-refractivity contribution in [3.8, 4) is 0 Å². The molecule has 3 rings (SSSR count). The lowest BCUT2D eigenvalue weighted by molar-refractivity contribution is 0.0924. The molecule has 3 atom stereocenters. The first kappa shape index (κ1) is 15.3. The van der Waals surface area contributed by atoms with Crippen LogP contribution in [0.1, 0.15) is 42.6 Å². The highest BCUT2D eigenvalue weighted by Gasteiger charge is 2.40. The quantitative estimate of drug-likeness (QED) is 0.896. The summed E-state index contributed by atoms with van der Waals surface area (Å²) in [5.41, 5.74) is 3.21. The average molecular weight is 302 g/mol. The maximum atomic E-state index is 12.1. The molecule has 0 spiro atoms. The number of nitrogens with zero attached hydrogens (tertiary/aromatic N) is 1. The van der Waals surface area contributed by atoms with Crippen LogP contribution in [-0.2, 0) is 6.42 Å². The lowest BCUT2D eigenvalue weighted by Gasteiger charge is -2.41. The van der Waals surface area contributed by atoms with Gasteiger partial charge in [-0.2, -0.15) is 0 Å². The molecule has 4 nitrogen and oxygen atoms in total. The van der Waals surface area contributed by atoms with Gasteiger partial charge >= 0.3 is 0 Å². The number of benzene rings is 1. The van der Waals surface area contributed by atoms with Gasteiger partial charge in [0.05, 0.1) is 6.10 Å². The van der Waals surface area contributed by atoms with Crippen molar-refractivity contribution in [2.75, 3.05) is 18.5 Å². The van der Waals surface area contributed by atoms with E-state index in [2.05, 4.69) is 30.3 Å². The number of fused-ring (bicyclic) bond motifs is 1. The van der Waals surface area contributed by atoms with Gasteiger partial charge in [0, 0.05) is 30.9 Å². The Kier molecular flexibility index (Phi) is 4.13. The van der Waals surface area contributed by atoms with Crippen LogP contribution in [0.25, 0.3) is 0 Å². The molecule has 1 aromatic carbocycles. The standard InChI is InChI=1S/C18H26N2O2/c1-11-8-15-9-14(18(22)19-10-12(2)21)6-7-16(15)20(3)17(11)13-4-5-13/h6-7,9,11-13,17,21H,4-5,8,10H2,1-3H3,(H,19,22)/t11-,12?,17-/m1/s1. The lowest BCUT2D eigenvalue weighted by Crippen LogP contribution is -2.43. The first-order valence-electron chi connectivity index (χ1n) is 8.29. The topological polar surface area (TPSA) is 52.6 Å². The minimum absolute atomic E-state index is 0.108. The molecular weight excluding hydrogens is 276 g/mol. The van der Waals surface area contributed by atoms with Crippen molar-refractivity contribution in [1.29, 1.82) is 0 Å². The monoisotopic (exact) mass is 302 g/mol. The smallest absolute Gasteiger partial charge is 0.251 e. The Balaban J connectivity index is 1.79. The molecule has 1 saturated carbocycles.